The summed E-state index contributed by atoms with van der Waals surface area (Å²) in [6.45, 7) is 11.6. The molecule has 0 radical (unpaired) electrons. The van der Waals surface area contributed by atoms with E-state index in [9.17, 15) is 0 Å². The highest BCUT2D eigenvalue weighted by Crippen LogP contribution is 2.40. The van der Waals surface area contributed by atoms with Crippen molar-refractivity contribution in [3.8, 4) is 0 Å². The molecule has 0 bridgehead atoms. The molecule has 2 heteroatoms. The lowest BCUT2D eigenvalue weighted by Crippen LogP contribution is -2.40. The molecule has 1 aliphatic rings. The Hall–Kier alpha value is -1.02. The van der Waals surface area contributed by atoms with Crippen LogP contribution in [0.5, 0.6) is 0 Å². The SMILES string of the molecule is CC(C)(C)[Si](C)(C)OC1=CCC(c2ccccc2)CC1. The van der Waals surface area contributed by atoms with Crippen LogP contribution in [0.4, 0.5) is 0 Å². The molecule has 0 aromatic heterocycles. The number of hydrogen-bond acceptors (Lipinski definition) is 1. The molecular formula is C18H28OSi. The molecular weight excluding hydrogens is 260 g/mol. The molecule has 0 N–H and O–H groups in total. The molecule has 0 spiro atoms. The molecule has 1 unspecified atom stereocenters. The van der Waals surface area contributed by atoms with Crippen LogP contribution in [0.15, 0.2) is 42.2 Å². The van der Waals surface area contributed by atoms with Gasteiger partial charge in [-0.25, -0.2) is 0 Å². The van der Waals surface area contributed by atoms with Crippen LogP contribution in [-0.4, -0.2) is 8.32 Å². The van der Waals surface area contributed by atoms with E-state index in [-0.39, 0.29) is 5.04 Å². The highest BCUT2D eigenvalue weighted by Gasteiger charge is 2.39. The number of allylic oxidation sites excluding steroid dienone is 2. The van der Waals surface area contributed by atoms with Crippen molar-refractivity contribution in [1.82, 2.24) is 0 Å². The molecule has 2 rings (SSSR count). The van der Waals surface area contributed by atoms with Crippen LogP contribution in [-0.2, 0) is 4.43 Å². The lowest BCUT2D eigenvalue weighted by atomic mass is 9.87. The van der Waals surface area contributed by atoms with Crippen molar-refractivity contribution in [2.24, 2.45) is 0 Å². The van der Waals surface area contributed by atoms with Gasteiger partial charge < -0.3 is 4.43 Å². The quantitative estimate of drug-likeness (QED) is 0.633. The van der Waals surface area contributed by atoms with E-state index in [4.69, 9.17) is 4.43 Å². The molecule has 0 heterocycles. The van der Waals surface area contributed by atoms with Crippen molar-refractivity contribution in [2.45, 2.75) is 64.1 Å². The summed E-state index contributed by atoms with van der Waals surface area (Å²) in [4.78, 5) is 0. The van der Waals surface area contributed by atoms with Gasteiger partial charge in [-0.2, -0.15) is 0 Å². The van der Waals surface area contributed by atoms with Gasteiger partial charge in [-0.05, 0) is 48.5 Å². The zero-order valence-electron chi connectivity index (χ0n) is 13.6. The predicted molar refractivity (Wildman–Crippen MR) is 89.4 cm³/mol. The lowest BCUT2D eigenvalue weighted by Gasteiger charge is -2.38. The fraction of sp³-hybridized carbons (Fsp3) is 0.556. The summed E-state index contributed by atoms with van der Waals surface area (Å²) >= 11 is 0. The number of hydrogen-bond donors (Lipinski definition) is 0. The second-order valence-corrected chi connectivity index (χ2v) is 12.1. The minimum Gasteiger partial charge on any atom is -0.547 e. The van der Waals surface area contributed by atoms with Gasteiger partial charge >= 0.3 is 0 Å². The summed E-state index contributed by atoms with van der Waals surface area (Å²) in [6, 6.07) is 10.9. The summed E-state index contributed by atoms with van der Waals surface area (Å²) in [5.41, 5.74) is 1.47. The van der Waals surface area contributed by atoms with E-state index >= 15 is 0 Å². The van der Waals surface area contributed by atoms with Crippen LogP contribution in [0, 0.1) is 0 Å². The summed E-state index contributed by atoms with van der Waals surface area (Å²) in [5.74, 6) is 1.91. The van der Waals surface area contributed by atoms with Crippen molar-refractivity contribution in [3.05, 3.63) is 47.7 Å². The molecule has 110 valence electrons. The number of rotatable bonds is 3. The summed E-state index contributed by atoms with van der Waals surface area (Å²) < 4.78 is 6.43. The van der Waals surface area contributed by atoms with Gasteiger partial charge in [0.1, 0.15) is 0 Å². The van der Waals surface area contributed by atoms with Crippen molar-refractivity contribution in [1.29, 1.82) is 0 Å². The molecule has 0 saturated heterocycles. The Labute approximate surface area is 125 Å². The standard InChI is InChI=1S/C18H28OSi/c1-18(2,3)20(4,5)19-17-13-11-16(12-14-17)15-9-7-6-8-10-15/h6-10,13,16H,11-12,14H2,1-5H3. The maximum Gasteiger partial charge on any atom is 0.250 e. The van der Waals surface area contributed by atoms with Gasteiger partial charge in [-0.1, -0.05) is 51.1 Å². The Morgan fingerprint density at radius 2 is 1.75 bits per heavy atom. The van der Waals surface area contributed by atoms with Crippen LogP contribution in [0.25, 0.3) is 0 Å². The monoisotopic (exact) mass is 288 g/mol. The van der Waals surface area contributed by atoms with Crippen LogP contribution in [0.3, 0.4) is 0 Å². The lowest BCUT2D eigenvalue weighted by molar-refractivity contribution is 0.344. The first kappa shape index (κ1) is 15.4. The molecule has 0 fully saturated rings. The predicted octanol–water partition coefficient (Wildman–Crippen LogP) is 5.86. The van der Waals surface area contributed by atoms with E-state index in [1.165, 1.54) is 17.7 Å². The van der Waals surface area contributed by atoms with E-state index in [2.05, 4.69) is 70.3 Å². The fourth-order valence-electron chi connectivity index (χ4n) is 2.41. The minimum absolute atomic E-state index is 0.282. The van der Waals surface area contributed by atoms with E-state index in [0.717, 1.165) is 12.8 Å². The average Bonchev–Trinajstić information content (AvgIpc) is 2.39. The van der Waals surface area contributed by atoms with Gasteiger partial charge in [0.2, 0.25) is 8.32 Å². The molecule has 1 aromatic carbocycles. The van der Waals surface area contributed by atoms with Crippen molar-refractivity contribution in [2.75, 3.05) is 0 Å². The zero-order chi connectivity index (χ0) is 14.8. The van der Waals surface area contributed by atoms with Crippen LogP contribution in [0.2, 0.25) is 18.1 Å². The molecule has 20 heavy (non-hydrogen) atoms. The molecule has 1 aromatic rings. The van der Waals surface area contributed by atoms with Gasteiger partial charge in [0.15, 0.2) is 0 Å². The Bertz CT molecular complexity index is 468. The van der Waals surface area contributed by atoms with Gasteiger partial charge in [0.05, 0.1) is 5.76 Å². The van der Waals surface area contributed by atoms with E-state index < -0.39 is 8.32 Å². The Balaban J connectivity index is 2.00. The third kappa shape index (κ3) is 3.54. The van der Waals surface area contributed by atoms with Crippen LogP contribution < -0.4 is 0 Å². The summed E-state index contributed by atoms with van der Waals surface area (Å²) in [7, 11) is -1.66. The van der Waals surface area contributed by atoms with Gasteiger partial charge in [0.25, 0.3) is 0 Å². The highest BCUT2D eigenvalue weighted by atomic mass is 28.4. The second-order valence-electron chi connectivity index (χ2n) is 7.41. The summed E-state index contributed by atoms with van der Waals surface area (Å²) in [6.07, 6.45) is 5.76. The van der Waals surface area contributed by atoms with Crippen molar-refractivity contribution >= 4 is 8.32 Å². The largest absolute Gasteiger partial charge is 0.547 e. The minimum atomic E-state index is -1.66. The molecule has 1 atom stereocenters. The fourth-order valence-corrected chi connectivity index (χ4v) is 3.56. The second kappa shape index (κ2) is 5.77. The molecule has 0 amide bonds. The maximum atomic E-state index is 6.43. The Morgan fingerprint density at radius 3 is 2.25 bits per heavy atom. The summed E-state index contributed by atoms with van der Waals surface area (Å²) in [5, 5.41) is 0.282. The molecule has 1 nitrogen and oxygen atoms in total. The molecule has 1 aliphatic carbocycles. The Morgan fingerprint density at radius 1 is 1.10 bits per heavy atom. The molecule has 0 saturated carbocycles. The van der Waals surface area contributed by atoms with Crippen molar-refractivity contribution < 1.29 is 4.43 Å². The zero-order valence-corrected chi connectivity index (χ0v) is 14.6. The number of benzene rings is 1. The van der Waals surface area contributed by atoms with Gasteiger partial charge in [-0.3, -0.25) is 0 Å². The van der Waals surface area contributed by atoms with Crippen LogP contribution in [0.1, 0.15) is 51.5 Å². The van der Waals surface area contributed by atoms with E-state index in [1.54, 1.807) is 0 Å². The smallest absolute Gasteiger partial charge is 0.250 e. The first-order valence-electron chi connectivity index (χ1n) is 7.72. The first-order chi connectivity index (χ1) is 9.29. The van der Waals surface area contributed by atoms with Gasteiger partial charge in [0, 0.05) is 6.42 Å². The van der Waals surface area contributed by atoms with E-state index in [1.807, 2.05) is 0 Å². The van der Waals surface area contributed by atoms with Crippen LogP contribution >= 0.6 is 0 Å². The normalized spacial score (nSPS) is 20.4. The van der Waals surface area contributed by atoms with Crippen molar-refractivity contribution in [3.63, 3.8) is 0 Å². The average molecular weight is 289 g/mol. The Kier molecular flexibility index (Phi) is 4.43. The first-order valence-corrected chi connectivity index (χ1v) is 10.6. The van der Waals surface area contributed by atoms with Gasteiger partial charge in [-0.15, -0.1) is 0 Å². The highest BCUT2D eigenvalue weighted by molar-refractivity contribution is 6.74. The van der Waals surface area contributed by atoms with E-state index in [0.29, 0.717) is 5.92 Å². The third-order valence-electron chi connectivity index (χ3n) is 4.83. The molecule has 0 aliphatic heterocycles. The third-order valence-corrected chi connectivity index (χ3v) is 9.22. The topological polar surface area (TPSA) is 9.23 Å². The maximum absolute atomic E-state index is 6.43.